The third-order valence-corrected chi connectivity index (χ3v) is 5.05. The SMILES string of the molecule is COc1ccc(C23C4CCCC2C43)cc1. The smallest absolute Gasteiger partial charge is 0.118 e. The molecule has 0 bridgehead atoms. The van der Waals surface area contributed by atoms with Crippen molar-refractivity contribution in [2.24, 2.45) is 17.8 Å². The molecule has 0 radical (unpaired) electrons. The standard InChI is InChI=1S/C14H16O/c1-15-10-7-5-9(6-8-10)14-11-3-2-4-12(14)13(11)14/h5-8,11-13H,2-4H2,1H3. The van der Waals surface area contributed by atoms with Crippen LogP contribution in [-0.4, -0.2) is 7.11 Å². The molecule has 2 atom stereocenters. The normalized spacial score (nSPS) is 44.5. The van der Waals surface area contributed by atoms with E-state index in [1.54, 1.807) is 12.7 Å². The third kappa shape index (κ3) is 0.780. The van der Waals surface area contributed by atoms with Crippen LogP contribution in [0.2, 0.25) is 0 Å². The molecule has 2 unspecified atom stereocenters. The molecule has 3 aliphatic carbocycles. The Balaban J connectivity index is 1.68. The monoisotopic (exact) mass is 200 g/mol. The average Bonchev–Trinajstić information content (AvgIpc) is 3.19. The second-order valence-corrected chi connectivity index (χ2v) is 5.33. The number of hydrogen-bond acceptors (Lipinski definition) is 1. The maximum absolute atomic E-state index is 5.21. The van der Waals surface area contributed by atoms with Crippen molar-refractivity contribution in [1.29, 1.82) is 0 Å². The first kappa shape index (κ1) is 8.20. The molecule has 0 aliphatic heterocycles. The molecule has 3 fully saturated rings. The van der Waals surface area contributed by atoms with Crippen LogP contribution in [-0.2, 0) is 5.41 Å². The van der Waals surface area contributed by atoms with Crippen molar-refractivity contribution >= 4 is 0 Å². The maximum atomic E-state index is 5.21. The molecule has 1 heteroatoms. The van der Waals surface area contributed by atoms with Gasteiger partial charge in [-0.05, 0) is 48.3 Å². The van der Waals surface area contributed by atoms with Gasteiger partial charge in [-0.25, -0.2) is 0 Å². The molecule has 4 rings (SSSR count). The van der Waals surface area contributed by atoms with Gasteiger partial charge in [0.1, 0.15) is 5.75 Å². The summed E-state index contributed by atoms with van der Waals surface area (Å²) in [6.07, 6.45) is 4.43. The van der Waals surface area contributed by atoms with E-state index in [0.29, 0.717) is 5.41 Å². The summed E-state index contributed by atoms with van der Waals surface area (Å²) in [5, 5.41) is 0. The van der Waals surface area contributed by atoms with Gasteiger partial charge in [0.25, 0.3) is 0 Å². The zero-order valence-electron chi connectivity index (χ0n) is 9.07. The molecule has 3 aliphatic rings. The Kier molecular flexibility index (Phi) is 1.31. The minimum Gasteiger partial charge on any atom is -0.497 e. The van der Waals surface area contributed by atoms with E-state index in [1.807, 2.05) is 0 Å². The quantitative estimate of drug-likeness (QED) is 0.713. The Morgan fingerprint density at radius 2 is 1.80 bits per heavy atom. The number of hydrogen-bond donors (Lipinski definition) is 0. The lowest BCUT2D eigenvalue weighted by atomic mass is 9.80. The molecule has 15 heavy (non-hydrogen) atoms. The maximum Gasteiger partial charge on any atom is 0.118 e. The molecule has 0 N–H and O–H groups in total. The lowest BCUT2D eigenvalue weighted by Crippen LogP contribution is -2.18. The minimum absolute atomic E-state index is 0.657. The number of rotatable bonds is 2. The largest absolute Gasteiger partial charge is 0.497 e. The molecule has 0 heterocycles. The fourth-order valence-electron chi connectivity index (χ4n) is 4.36. The van der Waals surface area contributed by atoms with Crippen molar-refractivity contribution in [3.8, 4) is 5.75 Å². The molecule has 3 saturated carbocycles. The number of ether oxygens (including phenoxy) is 1. The fraction of sp³-hybridized carbons (Fsp3) is 0.571. The van der Waals surface area contributed by atoms with Gasteiger partial charge >= 0.3 is 0 Å². The molecular weight excluding hydrogens is 184 g/mol. The van der Waals surface area contributed by atoms with Crippen LogP contribution < -0.4 is 4.74 Å². The van der Waals surface area contributed by atoms with Crippen LogP contribution in [0.4, 0.5) is 0 Å². The molecule has 1 aromatic carbocycles. The van der Waals surface area contributed by atoms with Crippen molar-refractivity contribution in [2.45, 2.75) is 24.7 Å². The van der Waals surface area contributed by atoms with Gasteiger partial charge in [0, 0.05) is 5.41 Å². The zero-order chi connectivity index (χ0) is 10.0. The summed E-state index contributed by atoms with van der Waals surface area (Å²) in [4.78, 5) is 0. The summed E-state index contributed by atoms with van der Waals surface area (Å²) in [5.74, 6) is 4.15. The highest BCUT2D eigenvalue weighted by molar-refractivity contribution is 5.52. The van der Waals surface area contributed by atoms with Gasteiger partial charge in [0.2, 0.25) is 0 Å². The predicted molar refractivity (Wildman–Crippen MR) is 59.0 cm³/mol. The molecule has 1 aromatic rings. The lowest BCUT2D eigenvalue weighted by molar-refractivity contribution is 0.314. The number of fused-ring (bicyclic) bond motifs is 2. The highest BCUT2D eigenvalue weighted by Gasteiger charge is 2.86. The summed E-state index contributed by atoms with van der Waals surface area (Å²) in [7, 11) is 1.74. The summed E-state index contributed by atoms with van der Waals surface area (Å²) in [5.41, 5.74) is 2.24. The first-order valence-electron chi connectivity index (χ1n) is 6.03. The van der Waals surface area contributed by atoms with E-state index in [0.717, 1.165) is 23.5 Å². The van der Waals surface area contributed by atoms with Crippen molar-refractivity contribution < 1.29 is 4.74 Å². The van der Waals surface area contributed by atoms with Crippen LogP contribution in [0.25, 0.3) is 0 Å². The van der Waals surface area contributed by atoms with Gasteiger partial charge in [0.15, 0.2) is 0 Å². The topological polar surface area (TPSA) is 9.23 Å². The highest BCUT2D eigenvalue weighted by atomic mass is 16.5. The van der Waals surface area contributed by atoms with Gasteiger partial charge < -0.3 is 4.74 Å². The van der Waals surface area contributed by atoms with E-state index in [2.05, 4.69) is 24.3 Å². The molecule has 1 nitrogen and oxygen atoms in total. The van der Waals surface area contributed by atoms with Gasteiger partial charge in [0.05, 0.1) is 7.11 Å². The van der Waals surface area contributed by atoms with E-state index in [4.69, 9.17) is 4.74 Å². The van der Waals surface area contributed by atoms with Gasteiger partial charge in [-0.15, -0.1) is 0 Å². The molecule has 0 spiro atoms. The predicted octanol–water partition coefficient (Wildman–Crippen LogP) is 2.99. The van der Waals surface area contributed by atoms with E-state index in [-0.39, 0.29) is 0 Å². The summed E-state index contributed by atoms with van der Waals surface area (Å²) in [6.45, 7) is 0. The Labute approximate surface area is 90.4 Å². The Hall–Kier alpha value is -0.980. The summed E-state index contributed by atoms with van der Waals surface area (Å²) >= 11 is 0. The minimum atomic E-state index is 0.657. The lowest BCUT2D eigenvalue weighted by Gasteiger charge is -2.25. The first-order chi connectivity index (χ1) is 7.39. The molecule has 0 aromatic heterocycles. The number of methoxy groups -OCH3 is 1. The Bertz CT molecular complexity index is 384. The van der Waals surface area contributed by atoms with E-state index in [1.165, 1.54) is 19.3 Å². The summed E-state index contributed by atoms with van der Waals surface area (Å²) < 4.78 is 5.21. The van der Waals surface area contributed by atoms with Crippen molar-refractivity contribution in [1.82, 2.24) is 0 Å². The van der Waals surface area contributed by atoms with Crippen molar-refractivity contribution in [2.75, 3.05) is 7.11 Å². The van der Waals surface area contributed by atoms with Crippen molar-refractivity contribution in [3.05, 3.63) is 29.8 Å². The molecule has 0 amide bonds. The first-order valence-corrected chi connectivity index (χ1v) is 6.03. The second-order valence-electron chi connectivity index (χ2n) is 5.33. The van der Waals surface area contributed by atoms with Crippen LogP contribution in [0.15, 0.2) is 24.3 Å². The van der Waals surface area contributed by atoms with Gasteiger partial charge in [-0.3, -0.25) is 0 Å². The van der Waals surface area contributed by atoms with Gasteiger partial charge in [-0.2, -0.15) is 0 Å². The van der Waals surface area contributed by atoms with Crippen molar-refractivity contribution in [3.63, 3.8) is 0 Å². The summed E-state index contributed by atoms with van der Waals surface area (Å²) in [6, 6.07) is 8.81. The number of benzene rings is 1. The van der Waals surface area contributed by atoms with Crippen LogP contribution in [0.3, 0.4) is 0 Å². The Morgan fingerprint density at radius 3 is 2.33 bits per heavy atom. The highest BCUT2D eigenvalue weighted by Crippen LogP contribution is 2.88. The Morgan fingerprint density at radius 1 is 1.13 bits per heavy atom. The van der Waals surface area contributed by atoms with Crippen LogP contribution in [0.1, 0.15) is 24.8 Å². The molecule has 0 saturated heterocycles. The van der Waals surface area contributed by atoms with E-state index in [9.17, 15) is 0 Å². The van der Waals surface area contributed by atoms with Crippen LogP contribution in [0.5, 0.6) is 5.75 Å². The second kappa shape index (κ2) is 2.40. The fourth-order valence-corrected chi connectivity index (χ4v) is 4.36. The average molecular weight is 200 g/mol. The van der Waals surface area contributed by atoms with E-state index >= 15 is 0 Å². The molecule has 78 valence electrons. The van der Waals surface area contributed by atoms with E-state index < -0.39 is 0 Å². The third-order valence-electron chi connectivity index (χ3n) is 5.05. The zero-order valence-corrected chi connectivity index (χ0v) is 9.07. The molecular formula is C14H16O. The van der Waals surface area contributed by atoms with Crippen LogP contribution >= 0.6 is 0 Å². The van der Waals surface area contributed by atoms with Gasteiger partial charge in [-0.1, -0.05) is 18.6 Å². The van der Waals surface area contributed by atoms with Crippen LogP contribution in [0, 0.1) is 17.8 Å².